The summed E-state index contributed by atoms with van der Waals surface area (Å²) < 4.78 is 62.9. The molecule has 54 heavy (non-hydrogen) atoms. The number of fused-ring (bicyclic) bond motifs is 3. The quantitative estimate of drug-likeness (QED) is 0.289. The molecule has 286 valence electrons. The van der Waals surface area contributed by atoms with Crippen LogP contribution in [0.2, 0.25) is 0 Å². The maximum atomic E-state index is 14.6. The van der Waals surface area contributed by atoms with Crippen LogP contribution in [0.5, 0.6) is 5.88 Å². The highest BCUT2D eigenvalue weighted by Gasteiger charge is 2.62. The summed E-state index contributed by atoms with van der Waals surface area (Å²) in [5.41, 5.74) is -0.616. The summed E-state index contributed by atoms with van der Waals surface area (Å²) >= 11 is 0. The van der Waals surface area contributed by atoms with Gasteiger partial charge in [0.2, 0.25) is 27.7 Å². The lowest BCUT2D eigenvalue weighted by atomic mass is 10.0. The van der Waals surface area contributed by atoms with E-state index in [2.05, 4.69) is 25.3 Å². The number of hydrogen-bond acceptors (Lipinski definition) is 9. The van der Waals surface area contributed by atoms with E-state index in [1.165, 1.54) is 41.3 Å². The average Bonchev–Trinajstić information content (AvgIpc) is 4.07. The first-order valence-electron chi connectivity index (χ1n) is 18.4. The summed E-state index contributed by atoms with van der Waals surface area (Å²) in [7, 11) is -3.93. The number of amides is 4. The molecule has 3 N–H and O–H groups in total. The Morgan fingerprint density at radius 1 is 1.04 bits per heavy atom. The van der Waals surface area contributed by atoms with Crippen molar-refractivity contribution in [2.45, 2.75) is 100 Å². The number of allylic oxidation sites excluding steroid dienone is 1. The summed E-state index contributed by atoms with van der Waals surface area (Å²) in [4.78, 5) is 66.2. The molecule has 0 spiro atoms. The number of carbonyl (C=O) groups is 4. The molecular formula is C38H42F2N6O7S. The molecule has 1 aromatic heterocycles. The van der Waals surface area contributed by atoms with Crippen molar-refractivity contribution in [3.05, 3.63) is 77.5 Å². The molecule has 3 aromatic rings. The van der Waals surface area contributed by atoms with Crippen molar-refractivity contribution in [1.29, 1.82) is 0 Å². The normalized spacial score (nSPS) is 26.8. The maximum absolute atomic E-state index is 14.6. The predicted molar refractivity (Wildman–Crippen MR) is 192 cm³/mol. The van der Waals surface area contributed by atoms with Gasteiger partial charge in [0.25, 0.3) is 11.8 Å². The molecule has 0 bridgehead atoms. The Kier molecular flexibility index (Phi) is 10.4. The van der Waals surface area contributed by atoms with Gasteiger partial charge in [-0.15, -0.1) is 0 Å². The van der Waals surface area contributed by atoms with E-state index < -0.39 is 80.2 Å². The monoisotopic (exact) mass is 764 g/mol. The first-order valence-corrected chi connectivity index (χ1v) is 20.0. The van der Waals surface area contributed by atoms with Crippen molar-refractivity contribution in [3.8, 4) is 5.88 Å². The lowest BCUT2D eigenvalue weighted by molar-refractivity contribution is -0.141. The third-order valence-electron chi connectivity index (χ3n) is 10.5. The first-order chi connectivity index (χ1) is 25.9. The summed E-state index contributed by atoms with van der Waals surface area (Å²) in [5, 5.41) is 4.84. The van der Waals surface area contributed by atoms with Crippen LogP contribution in [0.1, 0.15) is 80.8 Å². The molecule has 2 aliphatic carbocycles. The standard InChI is InChI=1S/C38H42F2N6O7S/c1-2-28-35(43-31-18-23(39)14-17-29(31)41-28)53-24-19-32-34(48)44-38(37(50)45-54(51,52)25-15-16-25)20-22(38)10-6-4-3-5-7-13-30(36(49)46(32)21-24)42-33(47)26-11-8-9-12-27(26)40/h6,8-12,14,17-18,22,24-25,30,32H,2-5,7,13,15-16,19-21H2,1H3,(H,42,47)(H,44,48)(H,45,50)/b10-6-/t22?,24-,30+,32+,38-/m1/s1. The highest BCUT2D eigenvalue weighted by atomic mass is 32.2. The van der Waals surface area contributed by atoms with Crippen molar-refractivity contribution in [2.75, 3.05) is 6.54 Å². The van der Waals surface area contributed by atoms with E-state index >= 15 is 0 Å². The fourth-order valence-corrected chi connectivity index (χ4v) is 8.62. The summed E-state index contributed by atoms with van der Waals surface area (Å²) in [5.74, 6) is -4.59. The van der Waals surface area contributed by atoms with Crippen molar-refractivity contribution < 1.29 is 41.1 Å². The molecule has 16 heteroatoms. The Morgan fingerprint density at radius 2 is 1.83 bits per heavy atom. The number of halogens is 2. The van der Waals surface area contributed by atoms with Crippen LogP contribution in [-0.2, 0) is 30.8 Å². The number of ether oxygens (including phenoxy) is 1. The molecule has 2 saturated carbocycles. The highest BCUT2D eigenvalue weighted by Crippen LogP contribution is 2.46. The topological polar surface area (TPSA) is 177 Å². The number of nitrogens with one attached hydrogen (secondary N) is 3. The molecule has 3 heterocycles. The third kappa shape index (κ3) is 7.79. The zero-order valence-corrected chi connectivity index (χ0v) is 30.5. The van der Waals surface area contributed by atoms with Crippen molar-refractivity contribution in [2.24, 2.45) is 5.92 Å². The molecule has 2 aliphatic heterocycles. The van der Waals surface area contributed by atoms with Gasteiger partial charge in [-0.25, -0.2) is 27.2 Å². The molecule has 1 saturated heterocycles. The molecule has 7 rings (SSSR count). The van der Waals surface area contributed by atoms with Crippen LogP contribution in [0, 0.1) is 17.6 Å². The second-order valence-electron chi connectivity index (χ2n) is 14.5. The molecule has 0 radical (unpaired) electrons. The van der Waals surface area contributed by atoms with Crippen LogP contribution in [-0.4, -0.2) is 82.4 Å². The second kappa shape index (κ2) is 15.0. The Hall–Kier alpha value is -4.99. The molecule has 4 amide bonds. The van der Waals surface area contributed by atoms with E-state index in [9.17, 15) is 36.4 Å². The highest BCUT2D eigenvalue weighted by molar-refractivity contribution is 7.91. The van der Waals surface area contributed by atoms with E-state index in [4.69, 9.17) is 4.74 Å². The zero-order valence-electron chi connectivity index (χ0n) is 29.7. The molecule has 13 nitrogen and oxygen atoms in total. The van der Waals surface area contributed by atoms with Gasteiger partial charge in [0.05, 0.1) is 28.4 Å². The third-order valence-corrected chi connectivity index (χ3v) is 12.4. The Balaban J connectivity index is 1.21. The smallest absolute Gasteiger partial charge is 0.259 e. The lowest BCUT2D eigenvalue weighted by Gasteiger charge is -2.30. The largest absolute Gasteiger partial charge is 0.471 e. The van der Waals surface area contributed by atoms with Gasteiger partial charge in [0.1, 0.15) is 41.1 Å². The number of aromatic nitrogens is 2. The summed E-state index contributed by atoms with van der Waals surface area (Å²) in [6, 6.07) is 7.06. The van der Waals surface area contributed by atoms with Crippen LogP contribution in [0.3, 0.4) is 0 Å². The fourth-order valence-electron chi connectivity index (χ4n) is 7.26. The number of rotatable bonds is 8. The van der Waals surface area contributed by atoms with Gasteiger partial charge in [-0.05, 0) is 69.2 Å². The molecular weight excluding hydrogens is 723 g/mol. The number of carbonyl (C=O) groups excluding carboxylic acids is 4. The molecule has 2 aromatic carbocycles. The van der Waals surface area contributed by atoms with E-state index in [-0.39, 0.29) is 42.8 Å². The minimum atomic E-state index is -3.93. The van der Waals surface area contributed by atoms with Crippen molar-refractivity contribution in [1.82, 2.24) is 30.2 Å². The molecule has 5 atom stereocenters. The Morgan fingerprint density at radius 3 is 2.59 bits per heavy atom. The summed E-state index contributed by atoms with van der Waals surface area (Å²) in [6.07, 6.45) is 7.07. The van der Waals surface area contributed by atoms with Gasteiger partial charge in [0.15, 0.2) is 0 Å². The first kappa shape index (κ1) is 37.3. The number of nitrogens with zero attached hydrogens (tertiary/aromatic N) is 3. The van der Waals surface area contributed by atoms with E-state index in [0.29, 0.717) is 49.7 Å². The number of sulfonamides is 1. The lowest BCUT2D eigenvalue weighted by Crippen LogP contribution is -2.58. The van der Waals surface area contributed by atoms with Gasteiger partial charge < -0.3 is 20.3 Å². The van der Waals surface area contributed by atoms with Gasteiger partial charge >= 0.3 is 0 Å². The van der Waals surface area contributed by atoms with Gasteiger partial charge in [-0.2, -0.15) is 0 Å². The van der Waals surface area contributed by atoms with Crippen LogP contribution in [0.4, 0.5) is 8.78 Å². The van der Waals surface area contributed by atoms with Crippen LogP contribution in [0.25, 0.3) is 11.0 Å². The number of aryl methyl sites for hydroxylation is 1. The number of benzene rings is 2. The van der Waals surface area contributed by atoms with Crippen LogP contribution in [0.15, 0.2) is 54.6 Å². The Labute approximate surface area is 311 Å². The average molecular weight is 765 g/mol. The SMILES string of the molecule is CCc1nc2ccc(F)cc2nc1O[C@@H]1C[C@H]2C(=O)N[C@]3(C(=O)NS(=O)(=O)C4CC4)CC3/C=C\CCCCC[C@H](NC(=O)c3ccccc3F)C(=O)N2C1. The van der Waals surface area contributed by atoms with E-state index in [0.717, 1.165) is 12.5 Å². The van der Waals surface area contributed by atoms with Gasteiger partial charge in [-0.1, -0.05) is 44.1 Å². The van der Waals surface area contributed by atoms with Gasteiger partial charge in [0, 0.05) is 18.4 Å². The van der Waals surface area contributed by atoms with Crippen molar-refractivity contribution >= 4 is 44.7 Å². The zero-order chi connectivity index (χ0) is 38.2. The fraction of sp³-hybridized carbons (Fsp3) is 0.474. The van der Waals surface area contributed by atoms with Crippen LogP contribution < -0.4 is 20.1 Å². The molecule has 1 unspecified atom stereocenters. The number of hydrogen-bond donors (Lipinski definition) is 3. The minimum absolute atomic E-state index is 0.0594. The molecule has 4 aliphatic rings. The van der Waals surface area contributed by atoms with Gasteiger partial charge in [-0.3, -0.25) is 23.9 Å². The predicted octanol–water partition coefficient (Wildman–Crippen LogP) is 3.62. The maximum Gasteiger partial charge on any atom is 0.259 e. The molecule has 3 fully saturated rings. The minimum Gasteiger partial charge on any atom is -0.471 e. The van der Waals surface area contributed by atoms with Crippen molar-refractivity contribution in [3.63, 3.8) is 0 Å². The summed E-state index contributed by atoms with van der Waals surface area (Å²) in [6.45, 7) is 1.71. The Bertz CT molecular complexity index is 2130. The van der Waals surface area contributed by atoms with E-state index in [1.807, 2.05) is 19.1 Å². The van der Waals surface area contributed by atoms with E-state index in [1.54, 1.807) is 0 Å². The van der Waals surface area contributed by atoms with Crippen LogP contribution >= 0.6 is 0 Å². The second-order valence-corrected chi connectivity index (χ2v) is 16.4.